The molecular weight excluding hydrogens is 388 g/mol. The second-order valence-electron chi connectivity index (χ2n) is 8.00. The van der Waals surface area contributed by atoms with E-state index in [0.717, 1.165) is 6.08 Å². The third-order valence-electron chi connectivity index (χ3n) is 4.37. The number of amides is 3. The summed E-state index contributed by atoms with van der Waals surface area (Å²) in [5.74, 6) is -0.185. The van der Waals surface area contributed by atoms with E-state index in [-0.39, 0.29) is 12.0 Å². The predicted octanol–water partition coefficient (Wildman–Crippen LogP) is 2.24. The van der Waals surface area contributed by atoms with Crippen LogP contribution in [0.4, 0.5) is 16.2 Å². The lowest BCUT2D eigenvalue weighted by Crippen LogP contribution is -2.54. The summed E-state index contributed by atoms with van der Waals surface area (Å²) in [5, 5.41) is 2.59. The number of benzene rings is 1. The predicted molar refractivity (Wildman–Crippen MR) is 114 cm³/mol. The minimum Gasteiger partial charge on any atom is -0.481 e. The lowest BCUT2D eigenvalue weighted by atomic mass is 10.2. The highest BCUT2D eigenvalue weighted by Gasteiger charge is 2.30. The lowest BCUT2D eigenvalue weighted by molar-refractivity contribution is -0.139. The van der Waals surface area contributed by atoms with Gasteiger partial charge in [-0.3, -0.25) is 9.59 Å². The first kappa shape index (κ1) is 23.1. The molecule has 9 heteroatoms. The molecule has 1 heterocycles. The fourth-order valence-electron chi connectivity index (χ4n) is 2.85. The van der Waals surface area contributed by atoms with Gasteiger partial charge in [-0.15, -0.1) is 0 Å². The molecule has 2 rings (SSSR count). The Labute approximate surface area is 176 Å². The van der Waals surface area contributed by atoms with Crippen molar-refractivity contribution in [2.45, 2.75) is 39.4 Å². The van der Waals surface area contributed by atoms with Crippen LogP contribution in [0.1, 0.15) is 27.7 Å². The van der Waals surface area contributed by atoms with Gasteiger partial charge in [0.25, 0.3) is 5.91 Å². The van der Waals surface area contributed by atoms with E-state index in [1.165, 1.54) is 0 Å². The molecule has 1 aliphatic rings. The van der Waals surface area contributed by atoms with E-state index in [0.29, 0.717) is 43.3 Å². The molecule has 3 amide bonds. The van der Waals surface area contributed by atoms with Crippen LogP contribution in [-0.2, 0) is 14.3 Å². The van der Waals surface area contributed by atoms with Crippen molar-refractivity contribution in [3.8, 4) is 5.75 Å². The first-order valence-electron chi connectivity index (χ1n) is 9.76. The third-order valence-corrected chi connectivity index (χ3v) is 4.37. The maximum absolute atomic E-state index is 12.7. The Kier molecular flexibility index (Phi) is 7.31. The summed E-state index contributed by atoms with van der Waals surface area (Å²) in [6.07, 6.45) is 0.00953. The van der Waals surface area contributed by atoms with Crippen LogP contribution >= 0.6 is 0 Å². The van der Waals surface area contributed by atoms with Crippen molar-refractivity contribution in [2.75, 3.05) is 37.2 Å². The summed E-state index contributed by atoms with van der Waals surface area (Å²) in [7, 11) is 0. The van der Waals surface area contributed by atoms with Crippen LogP contribution in [-0.4, -0.2) is 65.6 Å². The maximum Gasteiger partial charge on any atom is 0.410 e. The molecule has 0 bridgehead atoms. The second kappa shape index (κ2) is 9.51. The third kappa shape index (κ3) is 6.40. The summed E-state index contributed by atoms with van der Waals surface area (Å²) in [5.41, 5.74) is 6.04. The number of hydrogen-bond acceptors (Lipinski definition) is 6. The average molecular weight is 418 g/mol. The van der Waals surface area contributed by atoms with Crippen LogP contribution in [0.15, 0.2) is 30.9 Å². The Morgan fingerprint density at radius 3 is 2.33 bits per heavy atom. The molecule has 1 aromatic carbocycles. The van der Waals surface area contributed by atoms with E-state index < -0.39 is 17.6 Å². The Bertz CT molecular complexity index is 810. The van der Waals surface area contributed by atoms with Gasteiger partial charge >= 0.3 is 6.09 Å². The van der Waals surface area contributed by atoms with Gasteiger partial charge in [-0.25, -0.2) is 4.79 Å². The van der Waals surface area contributed by atoms with Crippen LogP contribution in [0.3, 0.4) is 0 Å². The summed E-state index contributed by atoms with van der Waals surface area (Å²) in [6.45, 7) is 12.1. The molecule has 164 valence electrons. The number of ether oxygens (including phenoxy) is 2. The highest BCUT2D eigenvalue weighted by Crippen LogP contribution is 2.25. The minimum absolute atomic E-state index is 0.188. The Morgan fingerprint density at radius 2 is 1.77 bits per heavy atom. The summed E-state index contributed by atoms with van der Waals surface area (Å²) < 4.78 is 11.1. The fraction of sp³-hybridized carbons (Fsp3) is 0.476. The van der Waals surface area contributed by atoms with Crippen molar-refractivity contribution in [3.05, 3.63) is 30.9 Å². The van der Waals surface area contributed by atoms with Gasteiger partial charge in [0.05, 0.1) is 11.4 Å². The first-order chi connectivity index (χ1) is 14.0. The lowest BCUT2D eigenvalue weighted by Gasteiger charge is -2.36. The fourth-order valence-corrected chi connectivity index (χ4v) is 2.85. The zero-order valence-corrected chi connectivity index (χ0v) is 17.9. The highest BCUT2D eigenvalue weighted by atomic mass is 16.6. The number of hydrogen-bond donors (Lipinski definition) is 2. The molecule has 1 aromatic rings. The normalized spacial score (nSPS) is 15.2. The van der Waals surface area contributed by atoms with Gasteiger partial charge in [-0.1, -0.05) is 6.58 Å². The van der Waals surface area contributed by atoms with Gasteiger partial charge in [0.15, 0.2) is 6.10 Å². The molecule has 0 aliphatic carbocycles. The van der Waals surface area contributed by atoms with Crippen LogP contribution < -0.4 is 15.8 Å². The van der Waals surface area contributed by atoms with Gasteiger partial charge in [0.1, 0.15) is 11.4 Å². The van der Waals surface area contributed by atoms with E-state index in [4.69, 9.17) is 15.2 Å². The molecule has 0 saturated carbocycles. The minimum atomic E-state index is -0.746. The average Bonchev–Trinajstić information content (AvgIpc) is 2.68. The van der Waals surface area contributed by atoms with Crippen LogP contribution in [0.25, 0.3) is 0 Å². The quantitative estimate of drug-likeness (QED) is 0.560. The van der Waals surface area contributed by atoms with Gasteiger partial charge < -0.3 is 30.3 Å². The number of nitrogens with one attached hydrogen (secondary N) is 1. The maximum atomic E-state index is 12.7. The Morgan fingerprint density at radius 1 is 1.17 bits per heavy atom. The molecule has 0 radical (unpaired) electrons. The van der Waals surface area contributed by atoms with Gasteiger partial charge in [-0.2, -0.15) is 0 Å². The van der Waals surface area contributed by atoms with Gasteiger partial charge in [0.2, 0.25) is 5.91 Å². The van der Waals surface area contributed by atoms with E-state index in [9.17, 15) is 14.4 Å². The molecule has 3 N–H and O–H groups in total. The van der Waals surface area contributed by atoms with Gasteiger partial charge in [0, 0.05) is 32.2 Å². The van der Waals surface area contributed by atoms with Crippen molar-refractivity contribution in [1.29, 1.82) is 0 Å². The second-order valence-corrected chi connectivity index (χ2v) is 8.00. The number of carbonyl (C=O) groups is 3. The van der Waals surface area contributed by atoms with Gasteiger partial charge in [-0.05, 0) is 45.9 Å². The van der Waals surface area contributed by atoms with E-state index >= 15 is 0 Å². The molecule has 0 unspecified atom stereocenters. The molecule has 1 aliphatic heterocycles. The SMILES string of the molecule is C=CC(=O)Nc1cc(O[C@H](C)C(=O)N2CCN(C(=O)OC(C)(C)C)CC2)ccc1N. The number of anilines is 2. The summed E-state index contributed by atoms with van der Waals surface area (Å²) >= 11 is 0. The molecule has 1 atom stereocenters. The van der Waals surface area contributed by atoms with Crippen molar-refractivity contribution in [1.82, 2.24) is 9.80 Å². The smallest absolute Gasteiger partial charge is 0.410 e. The molecule has 0 spiro atoms. The van der Waals surface area contributed by atoms with Crippen molar-refractivity contribution < 1.29 is 23.9 Å². The number of carbonyl (C=O) groups excluding carboxylic acids is 3. The zero-order valence-electron chi connectivity index (χ0n) is 17.9. The largest absolute Gasteiger partial charge is 0.481 e. The highest BCUT2D eigenvalue weighted by molar-refractivity contribution is 6.01. The molecule has 1 fully saturated rings. The number of rotatable bonds is 5. The summed E-state index contributed by atoms with van der Waals surface area (Å²) in [6, 6.07) is 4.77. The molecule has 9 nitrogen and oxygen atoms in total. The standard InChI is InChI=1S/C21H30N4O5/c1-6-18(26)23-17-13-15(7-8-16(17)22)29-14(2)19(27)24-9-11-25(12-10-24)20(28)30-21(3,4)5/h6-8,13-14H,1,9-12,22H2,2-5H3,(H,23,26)/t14-/m1/s1. The van der Waals surface area contributed by atoms with Crippen LogP contribution in [0.5, 0.6) is 5.75 Å². The molecular formula is C21H30N4O5. The number of nitrogens with zero attached hydrogens (tertiary/aromatic N) is 2. The molecule has 30 heavy (non-hydrogen) atoms. The number of nitrogen functional groups attached to an aromatic ring is 1. The van der Waals surface area contributed by atoms with Crippen molar-refractivity contribution in [2.24, 2.45) is 0 Å². The Balaban J connectivity index is 1.93. The van der Waals surface area contributed by atoms with E-state index in [1.807, 2.05) is 20.8 Å². The topological polar surface area (TPSA) is 114 Å². The monoisotopic (exact) mass is 418 g/mol. The molecule has 0 aromatic heterocycles. The molecule has 1 saturated heterocycles. The van der Waals surface area contributed by atoms with E-state index in [2.05, 4.69) is 11.9 Å². The van der Waals surface area contributed by atoms with Crippen molar-refractivity contribution >= 4 is 29.3 Å². The van der Waals surface area contributed by atoms with Crippen LogP contribution in [0.2, 0.25) is 0 Å². The van der Waals surface area contributed by atoms with E-state index in [1.54, 1.807) is 34.9 Å². The van der Waals surface area contributed by atoms with Crippen molar-refractivity contribution in [3.63, 3.8) is 0 Å². The Hall–Kier alpha value is -3.23. The number of nitrogens with two attached hydrogens (primary N) is 1. The zero-order chi connectivity index (χ0) is 22.5. The van der Waals surface area contributed by atoms with Crippen LogP contribution in [0, 0.1) is 0 Å². The number of piperazine rings is 1. The summed E-state index contributed by atoms with van der Waals surface area (Å²) in [4.78, 5) is 39.7. The first-order valence-corrected chi connectivity index (χ1v) is 9.76.